The number of carbonyl (C=O) groups is 1. The summed E-state index contributed by atoms with van der Waals surface area (Å²) in [7, 11) is 1.72. The monoisotopic (exact) mass is 459 g/mol. The topological polar surface area (TPSA) is 91.2 Å². The van der Waals surface area contributed by atoms with Gasteiger partial charge in [0.1, 0.15) is 22.6 Å². The molecule has 0 saturated heterocycles. The normalized spacial score (nSPS) is 13.9. The van der Waals surface area contributed by atoms with Gasteiger partial charge in [0.15, 0.2) is 0 Å². The second-order valence-corrected chi connectivity index (χ2v) is 8.25. The van der Waals surface area contributed by atoms with E-state index in [1.807, 2.05) is 13.0 Å². The number of aryl methyl sites for hydroxylation is 1. The lowest BCUT2D eigenvalue weighted by molar-refractivity contribution is 0.00565. The molecular formula is C17H23BrClN5O3. The van der Waals surface area contributed by atoms with Crippen LogP contribution in [0.5, 0.6) is 0 Å². The van der Waals surface area contributed by atoms with Gasteiger partial charge in [0.05, 0.1) is 23.3 Å². The van der Waals surface area contributed by atoms with Crippen LogP contribution in [0.25, 0.3) is 0 Å². The molecule has 27 heavy (non-hydrogen) atoms. The average Bonchev–Trinajstić information content (AvgIpc) is 2.95. The van der Waals surface area contributed by atoms with Crippen molar-refractivity contribution < 1.29 is 14.3 Å². The van der Waals surface area contributed by atoms with E-state index in [-0.39, 0.29) is 6.61 Å². The molecule has 0 saturated carbocycles. The molecule has 8 nitrogen and oxygen atoms in total. The van der Waals surface area contributed by atoms with Crippen LogP contribution in [0.1, 0.15) is 45.1 Å². The molecule has 0 aliphatic carbocycles. The summed E-state index contributed by atoms with van der Waals surface area (Å²) in [5.74, 6) is 0. The molecule has 0 aliphatic rings. The van der Waals surface area contributed by atoms with Crippen molar-refractivity contribution in [1.82, 2.24) is 25.3 Å². The van der Waals surface area contributed by atoms with E-state index in [1.54, 1.807) is 40.2 Å². The van der Waals surface area contributed by atoms with Gasteiger partial charge in [-0.1, -0.05) is 11.6 Å². The van der Waals surface area contributed by atoms with Crippen LogP contribution in [-0.4, -0.2) is 37.7 Å². The number of nitrogens with zero attached hydrogens (tertiary/aromatic N) is 4. The predicted molar refractivity (Wildman–Crippen MR) is 104 cm³/mol. The van der Waals surface area contributed by atoms with Gasteiger partial charge in [-0.3, -0.25) is 0 Å². The summed E-state index contributed by atoms with van der Waals surface area (Å²) in [6.45, 7) is 7.49. The molecule has 1 N–H and O–H groups in total. The van der Waals surface area contributed by atoms with E-state index < -0.39 is 23.8 Å². The number of ether oxygens (including phenoxy) is 2. The highest BCUT2D eigenvalue weighted by Gasteiger charge is 2.27. The number of alkyl carbamates (subject to hydrolysis) is 1. The third-order valence-electron chi connectivity index (χ3n) is 3.39. The van der Waals surface area contributed by atoms with Gasteiger partial charge in [-0.05, 0) is 55.3 Å². The fourth-order valence-corrected chi connectivity index (χ4v) is 2.77. The number of carbonyl (C=O) groups excluding carboxylic acids is 1. The van der Waals surface area contributed by atoms with Crippen molar-refractivity contribution in [3.05, 3.63) is 39.3 Å². The van der Waals surface area contributed by atoms with Crippen LogP contribution in [-0.2, 0) is 23.1 Å². The SMILES string of the molecule is CC(NC(=O)OC(C)(C)C)C(OCc1cnc(Cl)c(Br)c1)c1cnn(C)n1. The summed E-state index contributed by atoms with van der Waals surface area (Å²) in [5.41, 5.74) is 0.834. The summed E-state index contributed by atoms with van der Waals surface area (Å²) < 4.78 is 12.0. The summed E-state index contributed by atoms with van der Waals surface area (Å²) in [6, 6.07) is 1.43. The maximum atomic E-state index is 12.1. The van der Waals surface area contributed by atoms with Gasteiger partial charge in [0, 0.05) is 13.2 Å². The van der Waals surface area contributed by atoms with Crippen LogP contribution in [0.15, 0.2) is 22.9 Å². The summed E-state index contributed by atoms with van der Waals surface area (Å²) in [5, 5.41) is 11.6. The molecule has 2 atom stereocenters. The lowest BCUT2D eigenvalue weighted by Gasteiger charge is -2.26. The van der Waals surface area contributed by atoms with Crippen molar-refractivity contribution in [3.63, 3.8) is 0 Å². The van der Waals surface area contributed by atoms with Crippen LogP contribution in [0, 0.1) is 0 Å². The van der Waals surface area contributed by atoms with Crippen LogP contribution in [0.4, 0.5) is 4.79 Å². The second kappa shape index (κ2) is 8.99. The zero-order chi connectivity index (χ0) is 20.2. The molecule has 2 unspecified atom stereocenters. The first-order chi connectivity index (χ1) is 12.5. The summed E-state index contributed by atoms with van der Waals surface area (Å²) >= 11 is 9.26. The molecular weight excluding hydrogens is 438 g/mol. The Balaban J connectivity index is 2.11. The zero-order valence-corrected chi connectivity index (χ0v) is 18.2. The highest BCUT2D eigenvalue weighted by Crippen LogP contribution is 2.24. The molecule has 0 aromatic carbocycles. The van der Waals surface area contributed by atoms with Crippen molar-refractivity contribution in [1.29, 1.82) is 0 Å². The third-order valence-corrected chi connectivity index (χ3v) is 4.52. The highest BCUT2D eigenvalue weighted by atomic mass is 79.9. The van der Waals surface area contributed by atoms with E-state index in [0.29, 0.717) is 15.3 Å². The molecule has 0 fully saturated rings. The molecule has 2 aromatic heterocycles. The molecule has 148 valence electrons. The van der Waals surface area contributed by atoms with E-state index >= 15 is 0 Å². The Labute approximate surface area is 171 Å². The van der Waals surface area contributed by atoms with Gasteiger partial charge in [0.2, 0.25) is 0 Å². The van der Waals surface area contributed by atoms with Gasteiger partial charge in [-0.2, -0.15) is 15.0 Å². The Morgan fingerprint density at radius 1 is 1.41 bits per heavy atom. The van der Waals surface area contributed by atoms with Gasteiger partial charge in [-0.15, -0.1) is 0 Å². The Morgan fingerprint density at radius 3 is 2.67 bits per heavy atom. The largest absolute Gasteiger partial charge is 0.444 e. The molecule has 2 heterocycles. The second-order valence-electron chi connectivity index (χ2n) is 7.04. The lowest BCUT2D eigenvalue weighted by Crippen LogP contribution is -2.41. The molecule has 10 heteroatoms. The maximum absolute atomic E-state index is 12.1. The third kappa shape index (κ3) is 6.75. The van der Waals surface area contributed by atoms with Crippen molar-refractivity contribution in [3.8, 4) is 0 Å². The van der Waals surface area contributed by atoms with Crippen molar-refractivity contribution in [2.24, 2.45) is 7.05 Å². The number of amides is 1. The minimum atomic E-state index is -0.589. The minimum Gasteiger partial charge on any atom is -0.444 e. The van der Waals surface area contributed by atoms with Crippen LogP contribution in [0.3, 0.4) is 0 Å². The molecule has 0 radical (unpaired) electrons. The fraction of sp³-hybridized carbons (Fsp3) is 0.529. The van der Waals surface area contributed by atoms with Crippen LogP contribution >= 0.6 is 27.5 Å². The molecule has 2 aromatic rings. The lowest BCUT2D eigenvalue weighted by atomic mass is 10.1. The minimum absolute atomic E-state index is 0.254. The Hall–Kier alpha value is -1.71. The van der Waals surface area contributed by atoms with E-state index in [1.165, 1.54) is 4.80 Å². The quantitative estimate of drug-likeness (QED) is 0.659. The number of rotatable bonds is 6. The Bertz CT molecular complexity index is 793. The first-order valence-electron chi connectivity index (χ1n) is 8.32. The van der Waals surface area contributed by atoms with Gasteiger partial charge >= 0.3 is 6.09 Å². The maximum Gasteiger partial charge on any atom is 0.407 e. The predicted octanol–water partition coefficient (Wildman–Crippen LogP) is 3.80. The van der Waals surface area contributed by atoms with Crippen molar-refractivity contribution >= 4 is 33.6 Å². The first-order valence-corrected chi connectivity index (χ1v) is 9.49. The van der Waals surface area contributed by atoms with E-state index in [2.05, 4.69) is 36.4 Å². The van der Waals surface area contributed by atoms with Gasteiger partial charge in [0.25, 0.3) is 0 Å². The fourth-order valence-electron chi connectivity index (χ4n) is 2.27. The smallest absolute Gasteiger partial charge is 0.407 e. The van der Waals surface area contributed by atoms with Crippen LogP contribution < -0.4 is 5.32 Å². The van der Waals surface area contributed by atoms with E-state index in [9.17, 15) is 4.79 Å². The van der Waals surface area contributed by atoms with E-state index in [4.69, 9.17) is 21.1 Å². The zero-order valence-electron chi connectivity index (χ0n) is 15.9. The van der Waals surface area contributed by atoms with Gasteiger partial charge < -0.3 is 14.8 Å². The molecule has 0 aliphatic heterocycles. The standard InChI is InChI=1S/C17H23BrClN5O3/c1-10(22-16(25)27-17(2,3)4)14(13-8-21-24(5)23-13)26-9-11-6-12(18)15(19)20-7-11/h6-8,10,14H,9H2,1-5H3,(H,22,25). The molecule has 0 spiro atoms. The summed E-state index contributed by atoms with van der Waals surface area (Å²) in [4.78, 5) is 17.6. The molecule has 2 rings (SSSR count). The van der Waals surface area contributed by atoms with Crippen molar-refractivity contribution in [2.45, 2.75) is 52.0 Å². The highest BCUT2D eigenvalue weighted by molar-refractivity contribution is 9.10. The Kier molecular flexibility index (Phi) is 7.19. The van der Waals surface area contributed by atoms with Crippen molar-refractivity contribution in [2.75, 3.05) is 0 Å². The van der Waals surface area contributed by atoms with E-state index in [0.717, 1.165) is 5.56 Å². The number of hydrogen-bond donors (Lipinski definition) is 1. The molecule has 0 bridgehead atoms. The molecule has 1 amide bonds. The number of aromatic nitrogens is 4. The number of halogens is 2. The Morgan fingerprint density at radius 2 is 2.11 bits per heavy atom. The van der Waals surface area contributed by atoms with Crippen LogP contribution in [0.2, 0.25) is 5.15 Å². The number of nitrogens with one attached hydrogen (secondary N) is 1. The first kappa shape index (κ1) is 21.6. The summed E-state index contributed by atoms with van der Waals surface area (Å²) in [6.07, 6.45) is 2.19. The number of pyridine rings is 1. The average molecular weight is 461 g/mol. The van der Waals surface area contributed by atoms with Gasteiger partial charge in [-0.25, -0.2) is 9.78 Å². The number of hydrogen-bond acceptors (Lipinski definition) is 6.